The van der Waals surface area contributed by atoms with Crippen molar-refractivity contribution in [1.82, 2.24) is 25.2 Å². The van der Waals surface area contributed by atoms with E-state index in [1.54, 1.807) is 34.0 Å². The molecule has 1 N–H and O–H groups in total. The standard InChI is InChI=1S/C27H27ClFN5O5/c28-21-7-4-18-12-24(21)38-11-1-10-34-13-20(31-32-34)16-39-25-15-33(14-22(25)30-27(18)37)26(36)9-8-23(35)17-2-5-19(29)6-3-17/h2-7,12-13,22,25H,1,8-11,14-16H2,(H,30,37)/t22-,25-/m0/s1. The van der Waals surface area contributed by atoms with Gasteiger partial charge < -0.3 is 19.7 Å². The molecule has 204 valence electrons. The minimum absolute atomic E-state index is 0.0137. The monoisotopic (exact) mass is 555 g/mol. The molecule has 4 bridgehead atoms. The predicted molar refractivity (Wildman–Crippen MR) is 138 cm³/mol. The molecule has 1 fully saturated rings. The molecule has 2 atom stereocenters. The van der Waals surface area contributed by atoms with Gasteiger partial charge in [-0.25, -0.2) is 4.39 Å². The molecule has 2 aliphatic rings. The summed E-state index contributed by atoms with van der Waals surface area (Å²) in [7, 11) is 0. The normalized spacial score (nSPS) is 19.6. The summed E-state index contributed by atoms with van der Waals surface area (Å²) in [6.45, 7) is 1.56. The number of carbonyl (C=O) groups excluding carboxylic acids is 3. The van der Waals surface area contributed by atoms with Crippen molar-refractivity contribution in [2.75, 3.05) is 19.7 Å². The first-order valence-electron chi connectivity index (χ1n) is 12.7. The lowest BCUT2D eigenvalue weighted by molar-refractivity contribution is -0.130. The molecule has 0 radical (unpaired) electrons. The summed E-state index contributed by atoms with van der Waals surface area (Å²) in [4.78, 5) is 40.2. The van der Waals surface area contributed by atoms with Crippen LogP contribution in [0.1, 0.15) is 45.7 Å². The molecule has 0 aliphatic carbocycles. The number of aryl methyl sites for hydroxylation is 1. The van der Waals surface area contributed by atoms with Gasteiger partial charge in [-0.3, -0.25) is 19.1 Å². The Morgan fingerprint density at radius 1 is 1.13 bits per heavy atom. The second kappa shape index (κ2) is 11.9. The fourth-order valence-corrected chi connectivity index (χ4v) is 4.74. The Balaban J connectivity index is 1.29. The van der Waals surface area contributed by atoms with Crippen molar-refractivity contribution in [1.29, 1.82) is 0 Å². The van der Waals surface area contributed by atoms with Gasteiger partial charge in [0, 0.05) is 50.0 Å². The largest absolute Gasteiger partial charge is 0.492 e. The van der Waals surface area contributed by atoms with Crippen LogP contribution in [-0.2, 0) is 22.7 Å². The van der Waals surface area contributed by atoms with E-state index in [0.29, 0.717) is 47.2 Å². The lowest BCUT2D eigenvalue weighted by Gasteiger charge is -2.20. The third-order valence-electron chi connectivity index (χ3n) is 6.68. The highest BCUT2D eigenvalue weighted by molar-refractivity contribution is 6.32. The zero-order chi connectivity index (χ0) is 27.4. The van der Waals surface area contributed by atoms with Crippen molar-refractivity contribution in [3.8, 4) is 5.75 Å². The number of nitrogens with one attached hydrogen (secondary N) is 1. The van der Waals surface area contributed by atoms with E-state index in [-0.39, 0.29) is 50.1 Å². The molecule has 1 aromatic heterocycles. The first-order valence-corrected chi connectivity index (χ1v) is 13.0. The van der Waals surface area contributed by atoms with Crippen LogP contribution in [0.3, 0.4) is 0 Å². The predicted octanol–water partition coefficient (Wildman–Crippen LogP) is 3.04. The first kappa shape index (κ1) is 26.8. The molecule has 39 heavy (non-hydrogen) atoms. The van der Waals surface area contributed by atoms with Gasteiger partial charge in [0.25, 0.3) is 5.91 Å². The van der Waals surface area contributed by atoms with Crippen molar-refractivity contribution >= 4 is 29.2 Å². The van der Waals surface area contributed by atoms with Gasteiger partial charge in [0.05, 0.1) is 36.6 Å². The number of hydrogen-bond donors (Lipinski definition) is 1. The number of hydrogen-bond acceptors (Lipinski definition) is 7. The van der Waals surface area contributed by atoms with E-state index in [2.05, 4.69) is 15.6 Å². The summed E-state index contributed by atoms with van der Waals surface area (Å²) in [5, 5.41) is 11.6. The lowest BCUT2D eigenvalue weighted by Crippen LogP contribution is -2.44. The molecule has 3 aromatic rings. The van der Waals surface area contributed by atoms with Crippen LogP contribution in [0.2, 0.25) is 5.02 Å². The SMILES string of the molecule is O=C(CCC(=O)N1C[C@@H]2NC(=O)c3ccc(Cl)c(c3)OCCCn3cc(nn3)CO[C@H]2C1)c1ccc(F)cc1. The number of halogens is 2. The minimum Gasteiger partial charge on any atom is -0.492 e. The van der Waals surface area contributed by atoms with E-state index >= 15 is 0 Å². The number of aromatic nitrogens is 3. The number of ether oxygens (including phenoxy) is 2. The Labute approximate surface area is 229 Å². The molecular weight excluding hydrogens is 529 g/mol. The van der Waals surface area contributed by atoms with Crippen LogP contribution < -0.4 is 10.1 Å². The maximum absolute atomic E-state index is 13.2. The molecule has 12 heteroatoms. The third-order valence-corrected chi connectivity index (χ3v) is 6.99. The highest BCUT2D eigenvalue weighted by Crippen LogP contribution is 2.26. The molecule has 0 spiro atoms. The van der Waals surface area contributed by atoms with Gasteiger partial charge in [-0.15, -0.1) is 5.10 Å². The minimum atomic E-state index is -0.508. The summed E-state index contributed by atoms with van der Waals surface area (Å²) in [5.41, 5.74) is 1.34. The zero-order valence-electron chi connectivity index (χ0n) is 21.0. The molecule has 2 amide bonds. The van der Waals surface area contributed by atoms with Crippen LogP contribution in [-0.4, -0.2) is 69.3 Å². The highest BCUT2D eigenvalue weighted by Gasteiger charge is 2.37. The first-order chi connectivity index (χ1) is 18.9. The number of fused-ring (bicyclic) bond motifs is 5. The quantitative estimate of drug-likeness (QED) is 0.492. The fraction of sp³-hybridized carbons (Fsp3) is 0.370. The number of likely N-dealkylation sites (tertiary alicyclic amines) is 1. The number of amides is 2. The van der Waals surface area contributed by atoms with Gasteiger partial charge in [-0.05, 0) is 42.5 Å². The number of benzene rings is 2. The molecule has 5 rings (SSSR count). The van der Waals surface area contributed by atoms with E-state index in [9.17, 15) is 18.8 Å². The number of ketones is 1. The Bertz CT molecular complexity index is 1360. The summed E-state index contributed by atoms with van der Waals surface area (Å²) >= 11 is 6.27. The van der Waals surface area contributed by atoms with E-state index in [0.717, 1.165) is 0 Å². The van der Waals surface area contributed by atoms with E-state index in [1.165, 1.54) is 24.3 Å². The van der Waals surface area contributed by atoms with Crippen LogP contribution in [0.15, 0.2) is 48.7 Å². The van der Waals surface area contributed by atoms with E-state index in [4.69, 9.17) is 21.1 Å². The molecule has 0 saturated carbocycles. The molecule has 0 unspecified atom stereocenters. The third kappa shape index (κ3) is 6.61. The van der Waals surface area contributed by atoms with Crippen molar-refractivity contribution < 1.29 is 28.2 Å². The van der Waals surface area contributed by atoms with Gasteiger partial charge in [-0.1, -0.05) is 16.8 Å². The fourth-order valence-electron chi connectivity index (χ4n) is 4.57. The molecule has 2 aromatic carbocycles. The van der Waals surface area contributed by atoms with Crippen LogP contribution in [0, 0.1) is 5.82 Å². The summed E-state index contributed by atoms with van der Waals surface area (Å²) in [6, 6.07) is 9.53. The van der Waals surface area contributed by atoms with Gasteiger partial charge >= 0.3 is 0 Å². The maximum atomic E-state index is 13.2. The Kier molecular flexibility index (Phi) is 8.18. The van der Waals surface area contributed by atoms with Crippen molar-refractivity contribution in [2.45, 2.75) is 44.6 Å². The average Bonchev–Trinajstić information content (AvgIpc) is 3.56. The van der Waals surface area contributed by atoms with Crippen LogP contribution >= 0.6 is 11.6 Å². The van der Waals surface area contributed by atoms with Gasteiger partial charge in [0.2, 0.25) is 5.91 Å². The summed E-state index contributed by atoms with van der Waals surface area (Å²) in [5.74, 6) is -0.876. The van der Waals surface area contributed by atoms with Crippen molar-refractivity contribution in [3.63, 3.8) is 0 Å². The van der Waals surface area contributed by atoms with Gasteiger partial charge in [0.15, 0.2) is 5.78 Å². The number of Topliss-reactive ketones (excluding diaryl/α,β-unsaturated/α-hetero) is 1. The van der Waals surface area contributed by atoms with E-state index < -0.39 is 18.0 Å². The molecule has 3 heterocycles. The summed E-state index contributed by atoms with van der Waals surface area (Å²) in [6.07, 6.45) is 1.90. The van der Waals surface area contributed by atoms with Crippen LogP contribution in [0.5, 0.6) is 5.75 Å². The smallest absolute Gasteiger partial charge is 0.251 e. The van der Waals surface area contributed by atoms with Crippen LogP contribution in [0.4, 0.5) is 4.39 Å². The lowest BCUT2D eigenvalue weighted by atomic mass is 10.1. The Morgan fingerprint density at radius 3 is 2.77 bits per heavy atom. The van der Waals surface area contributed by atoms with E-state index in [1.807, 2.05) is 0 Å². The van der Waals surface area contributed by atoms with Crippen LogP contribution in [0.25, 0.3) is 0 Å². The highest BCUT2D eigenvalue weighted by atomic mass is 35.5. The second-order valence-corrected chi connectivity index (χ2v) is 9.89. The number of carbonyl (C=O) groups is 3. The van der Waals surface area contributed by atoms with Crippen molar-refractivity contribution in [2.24, 2.45) is 0 Å². The summed E-state index contributed by atoms with van der Waals surface area (Å²) < 4.78 is 26.8. The van der Waals surface area contributed by atoms with Gasteiger partial charge in [0.1, 0.15) is 17.3 Å². The molecule has 1 saturated heterocycles. The average molecular weight is 556 g/mol. The topological polar surface area (TPSA) is 116 Å². The Hall–Kier alpha value is -3.83. The molecule has 10 nitrogen and oxygen atoms in total. The maximum Gasteiger partial charge on any atom is 0.251 e. The number of nitrogens with zero attached hydrogens (tertiary/aromatic N) is 4. The number of rotatable bonds is 4. The molecule has 2 aliphatic heterocycles. The second-order valence-electron chi connectivity index (χ2n) is 9.48. The van der Waals surface area contributed by atoms with Crippen molar-refractivity contribution in [3.05, 3.63) is 76.3 Å². The Morgan fingerprint density at radius 2 is 1.95 bits per heavy atom. The zero-order valence-corrected chi connectivity index (χ0v) is 21.8. The van der Waals surface area contributed by atoms with Gasteiger partial charge in [-0.2, -0.15) is 0 Å². The molecular formula is C27H27ClFN5O5.